The van der Waals surface area contributed by atoms with Crippen LogP contribution in [0.1, 0.15) is 5.56 Å². The molecule has 0 fully saturated rings. The van der Waals surface area contributed by atoms with Crippen LogP contribution in [0.3, 0.4) is 0 Å². The number of esters is 1. The minimum absolute atomic E-state index is 0.112. The number of hydrogen-bond donors (Lipinski definition) is 2. The van der Waals surface area contributed by atoms with Crippen molar-refractivity contribution in [2.24, 2.45) is 0 Å². The van der Waals surface area contributed by atoms with Crippen LogP contribution in [0.4, 0.5) is 5.69 Å². The number of aryl methyl sites for hydroxylation is 1. The van der Waals surface area contributed by atoms with Crippen LogP contribution >= 0.6 is 0 Å². The Hall–Kier alpha value is -3.12. The van der Waals surface area contributed by atoms with Gasteiger partial charge in [-0.05, 0) is 18.6 Å². The summed E-state index contributed by atoms with van der Waals surface area (Å²) in [6, 6.07) is 15.7. The average molecular weight is 366 g/mol. The normalized spacial score (nSPS) is 13.9. The second-order valence-electron chi connectivity index (χ2n) is 6.34. The molecular formula is C21H22N2O4. The minimum Gasteiger partial charge on any atom is -0.466 e. The van der Waals surface area contributed by atoms with E-state index in [2.05, 4.69) is 11.4 Å². The number of aliphatic hydroxyl groups excluding tert-OH is 1. The first-order chi connectivity index (χ1) is 13.0. The molecule has 1 heterocycles. The number of carbonyl (C=O) groups is 2. The molecule has 0 unspecified atom stereocenters. The van der Waals surface area contributed by atoms with Crippen LogP contribution in [0.5, 0.6) is 0 Å². The van der Waals surface area contributed by atoms with E-state index in [1.807, 2.05) is 49.4 Å². The van der Waals surface area contributed by atoms with E-state index in [1.54, 1.807) is 0 Å². The second kappa shape index (κ2) is 8.05. The topological polar surface area (TPSA) is 78.9 Å². The third-order valence-electron chi connectivity index (χ3n) is 4.47. The van der Waals surface area contributed by atoms with Gasteiger partial charge >= 0.3 is 5.97 Å². The van der Waals surface area contributed by atoms with Gasteiger partial charge in [0.05, 0.1) is 25.8 Å². The maximum absolute atomic E-state index is 12.7. The largest absolute Gasteiger partial charge is 0.466 e. The predicted molar refractivity (Wildman–Crippen MR) is 103 cm³/mol. The molecule has 0 saturated carbocycles. The molecule has 2 aromatic carbocycles. The predicted octanol–water partition coefficient (Wildman–Crippen LogP) is 2.34. The molecule has 3 rings (SSSR count). The fourth-order valence-electron chi connectivity index (χ4n) is 3.14. The number of aliphatic hydroxyl groups is 1. The lowest BCUT2D eigenvalue weighted by atomic mass is 10.0. The van der Waals surface area contributed by atoms with Crippen LogP contribution < -0.4 is 5.32 Å². The van der Waals surface area contributed by atoms with Crippen molar-refractivity contribution in [3.05, 3.63) is 65.4 Å². The third-order valence-corrected chi connectivity index (χ3v) is 4.47. The van der Waals surface area contributed by atoms with Gasteiger partial charge in [-0.25, -0.2) is 4.79 Å². The van der Waals surface area contributed by atoms with Crippen LogP contribution in [0.25, 0.3) is 11.1 Å². The molecule has 6 heteroatoms. The highest BCUT2D eigenvalue weighted by Crippen LogP contribution is 2.31. The summed E-state index contributed by atoms with van der Waals surface area (Å²) < 4.78 is 4.83. The molecule has 0 atom stereocenters. The molecular weight excluding hydrogens is 344 g/mol. The van der Waals surface area contributed by atoms with Crippen LogP contribution in [-0.2, 0) is 14.3 Å². The number of rotatable bonds is 6. The summed E-state index contributed by atoms with van der Waals surface area (Å²) >= 11 is 0. The van der Waals surface area contributed by atoms with Gasteiger partial charge in [0.2, 0.25) is 0 Å². The molecule has 0 bridgehead atoms. The molecule has 2 N–H and O–H groups in total. The third kappa shape index (κ3) is 3.85. The number of hydrogen-bond acceptors (Lipinski definition) is 5. The Bertz CT molecular complexity index is 905. The van der Waals surface area contributed by atoms with Gasteiger partial charge in [0.25, 0.3) is 5.91 Å². The van der Waals surface area contributed by atoms with Crippen LogP contribution in [0.15, 0.2) is 59.8 Å². The number of nitrogens with zero attached hydrogens (tertiary/aromatic N) is 1. The molecule has 1 aliphatic heterocycles. The van der Waals surface area contributed by atoms with Gasteiger partial charge in [-0.15, -0.1) is 0 Å². The van der Waals surface area contributed by atoms with Crippen molar-refractivity contribution in [2.75, 3.05) is 32.1 Å². The standard InChI is InChI=1S/C21H22N2O4/c1-14-6-5-7-15(12-14)16-8-3-4-9-18(16)22-19-17(21(26)27-2)13-23(10-11-24)20(19)25/h3-9,12,22,24H,10-11,13H2,1-2H3. The smallest absolute Gasteiger partial charge is 0.337 e. The van der Waals surface area contributed by atoms with Crippen molar-refractivity contribution in [2.45, 2.75) is 6.92 Å². The molecule has 0 radical (unpaired) electrons. The fraction of sp³-hybridized carbons (Fsp3) is 0.238. The van der Waals surface area contributed by atoms with Crippen molar-refractivity contribution in [1.82, 2.24) is 4.90 Å². The lowest BCUT2D eigenvalue weighted by Gasteiger charge is -2.16. The molecule has 1 aliphatic rings. The minimum atomic E-state index is -0.556. The van der Waals surface area contributed by atoms with Gasteiger partial charge in [0.1, 0.15) is 5.70 Å². The summed E-state index contributed by atoms with van der Waals surface area (Å²) in [5, 5.41) is 12.3. The van der Waals surface area contributed by atoms with Crippen molar-refractivity contribution in [1.29, 1.82) is 0 Å². The number of benzene rings is 2. The first-order valence-electron chi connectivity index (χ1n) is 8.70. The number of para-hydroxylation sites is 1. The zero-order chi connectivity index (χ0) is 19.4. The van der Waals surface area contributed by atoms with Crippen molar-refractivity contribution >= 4 is 17.6 Å². The number of methoxy groups -OCH3 is 1. The molecule has 0 aliphatic carbocycles. The van der Waals surface area contributed by atoms with E-state index >= 15 is 0 Å². The number of nitrogens with one attached hydrogen (secondary N) is 1. The Balaban J connectivity index is 2.00. The van der Waals surface area contributed by atoms with Gasteiger partial charge in [-0.3, -0.25) is 4.79 Å². The molecule has 6 nitrogen and oxygen atoms in total. The highest BCUT2D eigenvalue weighted by Gasteiger charge is 2.34. The van der Waals surface area contributed by atoms with Gasteiger partial charge < -0.3 is 20.1 Å². The van der Waals surface area contributed by atoms with Crippen LogP contribution in [0.2, 0.25) is 0 Å². The number of anilines is 1. The monoisotopic (exact) mass is 366 g/mol. The van der Waals surface area contributed by atoms with Gasteiger partial charge in [0.15, 0.2) is 0 Å². The number of carbonyl (C=O) groups excluding carboxylic acids is 2. The van der Waals surface area contributed by atoms with Crippen molar-refractivity contribution in [3.63, 3.8) is 0 Å². The zero-order valence-electron chi connectivity index (χ0n) is 15.4. The molecule has 0 aromatic heterocycles. The Morgan fingerprint density at radius 3 is 2.70 bits per heavy atom. The first kappa shape index (κ1) is 18.7. The van der Waals surface area contributed by atoms with Gasteiger partial charge in [-0.1, -0.05) is 48.0 Å². The summed E-state index contributed by atoms with van der Waals surface area (Å²) in [6.07, 6.45) is 0. The summed E-state index contributed by atoms with van der Waals surface area (Å²) in [5.74, 6) is -0.886. The summed E-state index contributed by atoms with van der Waals surface area (Å²) in [6.45, 7) is 2.11. The first-order valence-corrected chi connectivity index (χ1v) is 8.70. The van der Waals surface area contributed by atoms with E-state index in [0.29, 0.717) is 0 Å². The Labute approximate surface area is 158 Å². The van der Waals surface area contributed by atoms with E-state index in [1.165, 1.54) is 12.0 Å². The number of β-amino-alcohol motifs (C(OH)–C–C–N with tert-alkyl or cyclic N) is 1. The Kier molecular flexibility index (Phi) is 5.57. The Morgan fingerprint density at radius 1 is 1.22 bits per heavy atom. The maximum atomic E-state index is 12.7. The van der Waals surface area contributed by atoms with Crippen molar-refractivity contribution < 1.29 is 19.4 Å². The number of amides is 1. The maximum Gasteiger partial charge on any atom is 0.337 e. The fourth-order valence-corrected chi connectivity index (χ4v) is 3.14. The number of ether oxygens (including phenoxy) is 1. The summed E-state index contributed by atoms with van der Waals surface area (Å²) in [7, 11) is 1.28. The molecule has 1 amide bonds. The van der Waals surface area contributed by atoms with E-state index < -0.39 is 5.97 Å². The highest BCUT2D eigenvalue weighted by atomic mass is 16.5. The Morgan fingerprint density at radius 2 is 2.00 bits per heavy atom. The quantitative estimate of drug-likeness (QED) is 0.767. The summed E-state index contributed by atoms with van der Waals surface area (Å²) in [5.41, 5.74) is 4.23. The zero-order valence-corrected chi connectivity index (χ0v) is 15.4. The SMILES string of the molecule is COC(=O)C1=C(Nc2ccccc2-c2cccc(C)c2)C(=O)N(CCO)C1. The van der Waals surface area contributed by atoms with E-state index in [9.17, 15) is 14.7 Å². The van der Waals surface area contributed by atoms with Gasteiger partial charge in [0, 0.05) is 17.8 Å². The molecule has 0 saturated heterocycles. The van der Waals surface area contributed by atoms with E-state index in [4.69, 9.17) is 4.74 Å². The van der Waals surface area contributed by atoms with Crippen LogP contribution in [-0.4, -0.2) is 48.7 Å². The average Bonchev–Trinajstić information content (AvgIpc) is 2.98. The lowest BCUT2D eigenvalue weighted by Crippen LogP contribution is -2.31. The van der Waals surface area contributed by atoms with Crippen LogP contribution in [0, 0.1) is 6.92 Å². The van der Waals surface area contributed by atoms with E-state index in [-0.39, 0.29) is 36.9 Å². The lowest BCUT2D eigenvalue weighted by molar-refractivity contribution is -0.136. The molecule has 2 aromatic rings. The molecule has 0 spiro atoms. The van der Waals surface area contributed by atoms with Gasteiger partial charge in [-0.2, -0.15) is 0 Å². The molecule has 140 valence electrons. The van der Waals surface area contributed by atoms with E-state index in [0.717, 1.165) is 22.4 Å². The second-order valence-corrected chi connectivity index (χ2v) is 6.34. The van der Waals surface area contributed by atoms with Crippen molar-refractivity contribution in [3.8, 4) is 11.1 Å². The highest BCUT2D eigenvalue weighted by molar-refractivity contribution is 6.09. The molecule has 27 heavy (non-hydrogen) atoms. The summed E-state index contributed by atoms with van der Waals surface area (Å²) in [4.78, 5) is 26.3.